The average Bonchev–Trinajstić information content (AvgIpc) is 2.64. The number of hydrogen-bond donors (Lipinski definition) is 1. The van der Waals surface area contributed by atoms with Gasteiger partial charge >= 0.3 is 0 Å². The molecule has 0 aliphatic heterocycles. The summed E-state index contributed by atoms with van der Waals surface area (Å²) < 4.78 is 19.8. The van der Waals surface area contributed by atoms with E-state index in [1.54, 1.807) is 29.1 Å². The molecule has 4 nitrogen and oxygen atoms in total. The Bertz CT molecular complexity index is 481. The normalized spacial score (nSPS) is 10.3. The minimum Gasteiger partial charge on any atom is -0.494 e. The summed E-state index contributed by atoms with van der Waals surface area (Å²) in [5.41, 5.74) is 6.21. The van der Waals surface area contributed by atoms with Crippen molar-refractivity contribution in [1.29, 1.82) is 0 Å². The number of nitrogens with zero attached hydrogens (tertiary/aromatic N) is 2. The van der Waals surface area contributed by atoms with Crippen molar-refractivity contribution in [3.05, 3.63) is 36.4 Å². The fourth-order valence-corrected chi connectivity index (χ4v) is 1.34. The SMILES string of the molecule is COc1ccc(-n2ccnc2N)cc1F. The number of aromatic nitrogens is 2. The number of methoxy groups -OCH3 is 1. The lowest BCUT2D eigenvalue weighted by Crippen LogP contribution is -2.00. The van der Waals surface area contributed by atoms with E-state index < -0.39 is 5.82 Å². The van der Waals surface area contributed by atoms with Gasteiger partial charge < -0.3 is 10.5 Å². The highest BCUT2D eigenvalue weighted by Crippen LogP contribution is 2.21. The molecule has 78 valence electrons. The Kier molecular flexibility index (Phi) is 2.29. The average molecular weight is 207 g/mol. The molecular formula is C10H10FN3O. The third-order valence-electron chi connectivity index (χ3n) is 2.08. The molecule has 2 rings (SSSR count). The molecule has 2 N–H and O–H groups in total. The van der Waals surface area contributed by atoms with Crippen molar-refractivity contribution in [2.45, 2.75) is 0 Å². The van der Waals surface area contributed by atoms with E-state index in [1.807, 2.05) is 0 Å². The summed E-state index contributed by atoms with van der Waals surface area (Å²) in [7, 11) is 1.42. The van der Waals surface area contributed by atoms with Gasteiger partial charge in [-0.25, -0.2) is 9.37 Å². The first-order valence-electron chi connectivity index (χ1n) is 4.35. The largest absolute Gasteiger partial charge is 0.494 e. The number of hydrogen-bond acceptors (Lipinski definition) is 3. The number of anilines is 1. The summed E-state index contributed by atoms with van der Waals surface area (Å²) in [6, 6.07) is 4.60. The van der Waals surface area contributed by atoms with Crippen LogP contribution >= 0.6 is 0 Å². The molecule has 0 spiro atoms. The van der Waals surface area contributed by atoms with Crippen LogP contribution in [-0.2, 0) is 0 Å². The molecule has 2 aromatic rings. The number of benzene rings is 1. The maximum absolute atomic E-state index is 13.4. The predicted molar refractivity (Wildman–Crippen MR) is 54.5 cm³/mol. The van der Waals surface area contributed by atoms with Crippen LogP contribution in [0.2, 0.25) is 0 Å². The summed E-state index contributed by atoms with van der Waals surface area (Å²) in [5, 5.41) is 0. The molecule has 0 aliphatic rings. The Morgan fingerprint density at radius 3 is 2.80 bits per heavy atom. The third-order valence-corrected chi connectivity index (χ3v) is 2.08. The fraction of sp³-hybridized carbons (Fsp3) is 0.100. The monoisotopic (exact) mass is 207 g/mol. The molecule has 0 radical (unpaired) electrons. The standard InChI is InChI=1S/C10H10FN3O/c1-15-9-3-2-7(6-8(9)11)14-5-4-13-10(14)12/h2-6H,1H3,(H2,12,13). The van der Waals surface area contributed by atoms with E-state index in [0.29, 0.717) is 11.6 Å². The van der Waals surface area contributed by atoms with Crippen molar-refractivity contribution in [2.75, 3.05) is 12.8 Å². The van der Waals surface area contributed by atoms with Gasteiger partial charge in [0, 0.05) is 18.5 Å². The lowest BCUT2D eigenvalue weighted by Gasteiger charge is -2.06. The maximum atomic E-state index is 13.4. The number of ether oxygens (including phenoxy) is 1. The molecule has 0 atom stereocenters. The number of imidazole rings is 1. The number of nitrogen functional groups attached to an aromatic ring is 1. The molecule has 15 heavy (non-hydrogen) atoms. The summed E-state index contributed by atoms with van der Waals surface area (Å²) in [4.78, 5) is 3.85. The van der Waals surface area contributed by atoms with Crippen LogP contribution in [0.4, 0.5) is 10.3 Å². The molecule has 0 bridgehead atoms. The van der Waals surface area contributed by atoms with E-state index in [4.69, 9.17) is 10.5 Å². The van der Waals surface area contributed by atoms with Gasteiger partial charge in [-0.05, 0) is 12.1 Å². The van der Waals surface area contributed by atoms with Gasteiger partial charge in [0.1, 0.15) is 0 Å². The Morgan fingerprint density at radius 2 is 2.27 bits per heavy atom. The van der Waals surface area contributed by atoms with Crippen LogP contribution < -0.4 is 10.5 Å². The zero-order valence-corrected chi connectivity index (χ0v) is 8.14. The van der Waals surface area contributed by atoms with Crippen molar-refractivity contribution in [1.82, 2.24) is 9.55 Å². The zero-order valence-electron chi connectivity index (χ0n) is 8.14. The van der Waals surface area contributed by atoms with Crippen LogP contribution in [0.25, 0.3) is 5.69 Å². The smallest absolute Gasteiger partial charge is 0.204 e. The van der Waals surface area contributed by atoms with E-state index >= 15 is 0 Å². The van der Waals surface area contributed by atoms with Crippen LogP contribution in [0.5, 0.6) is 5.75 Å². The Morgan fingerprint density at radius 1 is 1.47 bits per heavy atom. The van der Waals surface area contributed by atoms with Crippen LogP contribution in [0.15, 0.2) is 30.6 Å². The summed E-state index contributed by atoms with van der Waals surface area (Å²) in [5.74, 6) is 0.0973. The molecule has 0 unspecified atom stereocenters. The highest BCUT2D eigenvalue weighted by atomic mass is 19.1. The molecule has 0 saturated carbocycles. The van der Waals surface area contributed by atoms with Gasteiger partial charge in [-0.3, -0.25) is 4.57 Å². The van der Waals surface area contributed by atoms with Crippen LogP contribution in [-0.4, -0.2) is 16.7 Å². The lowest BCUT2D eigenvalue weighted by molar-refractivity contribution is 0.386. The third kappa shape index (κ3) is 1.63. The topological polar surface area (TPSA) is 53.1 Å². The summed E-state index contributed by atoms with van der Waals surface area (Å²) in [6.45, 7) is 0. The van der Waals surface area contributed by atoms with E-state index in [1.165, 1.54) is 13.2 Å². The molecule has 5 heteroatoms. The molecule has 1 aromatic heterocycles. The van der Waals surface area contributed by atoms with Crippen LogP contribution in [0.3, 0.4) is 0 Å². The first-order valence-corrected chi connectivity index (χ1v) is 4.35. The first-order chi connectivity index (χ1) is 7.22. The molecule has 0 saturated heterocycles. The molecule has 0 amide bonds. The Hall–Kier alpha value is -2.04. The zero-order chi connectivity index (χ0) is 10.8. The summed E-state index contributed by atoms with van der Waals surface area (Å²) in [6.07, 6.45) is 3.22. The molecule has 1 heterocycles. The number of rotatable bonds is 2. The van der Waals surface area contributed by atoms with Crippen molar-refractivity contribution < 1.29 is 9.13 Å². The number of halogens is 1. The minimum absolute atomic E-state index is 0.206. The molecule has 0 fully saturated rings. The second-order valence-corrected chi connectivity index (χ2v) is 2.97. The molecular weight excluding hydrogens is 197 g/mol. The van der Waals surface area contributed by atoms with Crippen molar-refractivity contribution in [2.24, 2.45) is 0 Å². The van der Waals surface area contributed by atoms with E-state index in [0.717, 1.165) is 0 Å². The van der Waals surface area contributed by atoms with Crippen LogP contribution in [0, 0.1) is 5.82 Å². The van der Waals surface area contributed by atoms with E-state index in [2.05, 4.69) is 4.98 Å². The highest BCUT2D eigenvalue weighted by molar-refractivity contribution is 5.43. The number of nitrogens with two attached hydrogens (primary N) is 1. The van der Waals surface area contributed by atoms with Gasteiger partial charge in [0.15, 0.2) is 11.6 Å². The van der Waals surface area contributed by atoms with Gasteiger partial charge in [-0.1, -0.05) is 0 Å². The van der Waals surface area contributed by atoms with Gasteiger partial charge in [0.25, 0.3) is 0 Å². The Balaban J connectivity index is 2.47. The molecule has 0 aliphatic carbocycles. The first kappa shape index (κ1) is 9.51. The predicted octanol–water partition coefficient (Wildman–Crippen LogP) is 1.60. The minimum atomic E-state index is -0.428. The van der Waals surface area contributed by atoms with Crippen molar-refractivity contribution >= 4 is 5.95 Å². The quantitative estimate of drug-likeness (QED) is 0.813. The fourth-order valence-electron chi connectivity index (χ4n) is 1.34. The highest BCUT2D eigenvalue weighted by Gasteiger charge is 2.06. The van der Waals surface area contributed by atoms with Crippen LogP contribution in [0.1, 0.15) is 0 Å². The van der Waals surface area contributed by atoms with Gasteiger partial charge in [-0.15, -0.1) is 0 Å². The van der Waals surface area contributed by atoms with Gasteiger partial charge in [0.2, 0.25) is 5.95 Å². The second-order valence-electron chi connectivity index (χ2n) is 2.97. The van der Waals surface area contributed by atoms with Gasteiger partial charge in [0.05, 0.1) is 12.8 Å². The summed E-state index contributed by atoms with van der Waals surface area (Å²) >= 11 is 0. The second kappa shape index (κ2) is 3.61. The molecule has 1 aromatic carbocycles. The Labute approximate surface area is 86.1 Å². The van der Waals surface area contributed by atoms with Gasteiger partial charge in [-0.2, -0.15) is 0 Å². The lowest BCUT2D eigenvalue weighted by atomic mass is 10.3. The van der Waals surface area contributed by atoms with Crippen molar-refractivity contribution in [3.63, 3.8) is 0 Å². The maximum Gasteiger partial charge on any atom is 0.204 e. The van der Waals surface area contributed by atoms with E-state index in [9.17, 15) is 4.39 Å². The van der Waals surface area contributed by atoms with Crippen molar-refractivity contribution in [3.8, 4) is 11.4 Å². The van der Waals surface area contributed by atoms with E-state index in [-0.39, 0.29) is 5.75 Å².